The van der Waals surface area contributed by atoms with Gasteiger partial charge in [0.2, 0.25) is 5.91 Å². The summed E-state index contributed by atoms with van der Waals surface area (Å²) in [5.74, 6) is -0.150. The Balaban J connectivity index is 2.24. The molecule has 2 fully saturated rings. The first-order valence-electron chi connectivity index (χ1n) is 6.10. The molecule has 0 spiro atoms. The van der Waals surface area contributed by atoms with Crippen molar-refractivity contribution in [1.29, 1.82) is 0 Å². The summed E-state index contributed by atoms with van der Waals surface area (Å²) < 4.78 is 0. The number of carboxylic acid groups (broad SMARTS) is 1. The maximum atomic E-state index is 12.0. The maximum absolute atomic E-state index is 12.0. The molecule has 5 heteroatoms. The fourth-order valence-electron chi connectivity index (χ4n) is 3.52. The number of carboxylic acids is 1. The molecule has 0 radical (unpaired) electrons. The van der Waals surface area contributed by atoms with E-state index in [-0.39, 0.29) is 18.0 Å². The first-order valence-corrected chi connectivity index (χ1v) is 7.49. The number of fused-ring (bicyclic) bond motifs is 2. The third-order valence-corrected chi connectivity index (χ3v) is 4.89. The van der Waals surface area contributed by atoms with Crippen LogP contribution in [0, 0.1) is 5.41 Å². The molecule has 0 saturated carbocycles. The van der Waals surface area contributed by atoms with Gasteiger partial charge in [0, 0.05) is 12.1 Å². The number of hydrogen-bond acceptors (Lipinski definition) is 3. The molecule has 0 aliphatic carbocycles. The Kier molecular flexibility index (Phi) is 3.39. The van der Waals surface area contributed by atoms with Gasteiger partial charge in [-0.25, -0.2) is 0 Å². The van der Waals surface area contributed by atoms with Gasteiger partial charge < -0.3 is 10.0 Å². The smallest absolute Gasteiger partial charge is 0.311 e. The number of carbonyl (C=O) groups is 2. The lowest BCUT2D eigenvalue weighted by atomic mass is 9.72. The van der Waals surface area contributed by atoms with Crippen molar-refractivity contribution in [1.82, 2.24) is 4.90 Å². The number of nitrogens with zero attached hydrogens (tertiary/aromatic N) is 1. The topological polar surface area (TPSA) is 57.6 Å². The summed E-state index contributed by atoms with van der Waals surface area (Å²) in [5, 5.41) is 9.47. The predicted octanol–water partition coefficient (Wildman–Crippen LogP) is 1.59. The molecule has 2 heterocycles. The number of thioether (sulfide) groups is 1. The average Bonchev–Trinajstić information content (AvgIpc) is 2.84. The molecule has 0 unspecified atom stereocenters. The number of rotatable bonds is 4. The Morgan fingerprint density at radius 1 is 1.47 bits per heavy atom. The van der Waals surface area contributed by atoms with Crippen molar-refractivity contribution in [2.24, 2.45) is 5.41 Å². The molecular formula is C12H19NO3S. The highest BCUT2D eigenvalue weighted by Crippen LogP contribution is 2.51. The number of carbonyl (C=O) groups excluding carboxylic acids is 1. The molecule has 4 nitrogen and oxygen atoms in total. The molecule has 0 aromatic heterocycles. The number of aliphatic carboxylic acids is 1. The maximum Gasteiger partial charge on any atom is 0.311 e. The Morgan fingerprint density at radius 2 is 2.18 bits per heavy atom. The van der Waals surface area contributed by atoms with Gasteiger partial charge in [-0.05, 0) is 31.9 Å². The van der Waals surface area contributed by atoms with Gasteiger partial charge in [-0.3, -0.25) is 9.59 Å². The number of amides is 1. The van der Waals surface area contributed by atoms with Crippen molar-refractivity contribution in [3.63, 3.8) is 0 Å². The van der Waals surface area contributed by atoms with Gasteiger partial charge >= 0.3 is 5.97 Å². The lowest BCUT2D eigenvalue weighted by molar-refractivity contribution is -0.151. The molecule has 96 valence electrons. The van der Waals surface area contributed by atoms with E-state index >= 15 is 0 Å². The lowest BCUT2D eigenvalue weighted by Gasteiger charge is -2.32. The van der Waals surface area contributed by atoms with Crippen molar-refractivity contribution in [2.75, 3.05) is 12.0 Å². The zero-order chi connectivity index (χ0) is 12.6. The van der Waals surface area contributed by atoms with Crippen molar-refractivity contribution in [3.8, 4) is 0 Å². The quantitative estimate of drug-likeness (QED) is 0.831. The third-order valence-electron chi connectivity index (χ3n) is 4.35. The van der Waals surface area contributed by atoms with Crippen LogP contribution < -0.4 is 0 Å². The summed E-state index contributed by atoms with van der Waals surface area (Å²) in [6.07, 6.45) is 4.99. The first kappa shape index (κ1) is 12.7. The molecule has 3 atom stereocenters. The standard InChI is InChI=1S/C12H19NO3S/c1-3-12(11(15)16)6-8-4-5-9(12)13(8)10(14)7-17-2/h8-9H,3-7H2,1-2H3,(H,15,16)/t8-,9+,12+/m0/s1. The van der Waals surface area contributed by atoms with Crippen LogP contribution in [-0.2, 0) is 9.59 Å². The molecule has 17 heavy (non-hydrogen) atoms. The van der Waals surface area contributed by atoms with E-state index in [0.29, 0.717) is 18.6 Å². The summed E-state index contributed by atoms with van der Waals surface area (Å²) in [5.41, 5.74) is -0.684. The Bertz CT molecular complexity index is 347. The molecule has 0 aromatic carbocycles. The van der Waals surface area contributed by atoms with E-state index in [9.17, 15) is 14.7 Å². The molecule has 1 N–H and O–H groups in total. The minimum absolute atomic E-state index is 0.0744. The van der Waals surface area contributed by atoms with Gasteiger partial charge in [0.15, 0.2) is 0 Å². The lowest BCUT2D eigenvalue weighted by Crippen LogP contribution is -2.45. The SMILES string of the molecule is CC[C@@]1(C(=O)O)C[C@@H]2CC[C@H]1N2C(=O)CSC. The predicted molar refractivity (Wildman–Crippen MR) is 67.0 cm³/mol. The van der Waals surface area contributed by atoms with Crippen LogP contribution in [0.5, 0.6) is 0 Å². The van der Waals surface area contributed by atoms with Crippen LogP contribution in [0.15, 0.2) is 0 Å². The highest BCUT2D eigenvalue weighted by atomic mass is 32.2. The van der Waals surface area contributed by atoms with E-state index < -0.39 is 11.4 Å². The molecule has 1 amide bonds. The second-order valence-corrected chi connectivity index (χ2v) is 5.87. The molecule has 0 aromatic rings. The minimum atomic E-state index is -0.728. The summed E-state index contributed by atoms with van der Waals surface area (Å²) in [6, 6.07) is 0.0883. The molecule has 2 rings (SSSR count). The van der Waals surface area contributed by atoms with Gasteiger partial charge in [0.1, 0.15) is 0 Å². The van der Waals surface area contributed by atoms with Crippen molar-refractivity contribution in [2.45, 2.75) is 44.7 Å². The van der Waals surface area contributed by atoms with Crippen molar-refractivity contribution < 1.29 is 14.7 Å². The van der Waals surface area contributed by atoms with Crippen LogP contribution in [0.1, 0.15) is 32.6 Å². The van der Waals surface area contributed by atoms with Crippen LogP contribution in [0.25, 0.3) is 0 Å². The molecule has 2 saturated heterocycles. The highest BCUT2D eigenvalue weighted by Gasteiger charge is 2.60. The van der Waals surface area contributed by atoms with E-state index in [1.807, 2.05) is 18.1 Å². The second kappa shape index (κ2) is 4.52. The zero-order valence-electron chi connectivity index (χ0n) is 10.3. The van der Waals surface area contributed by atoms with Crippen LogP contribution >= 0.6 is 11.8 Å². The summed E-state index contributed by atoms with van der Waals surface area (Å²) in [6.45, 7) is 1.92. The summed E-state index contributed by atoms with van der Waals surface area (Å²) >= 11 is 1.51. The van der Waals surface area contributed by atoms with Crippen LogP contribution in [-0.4, -0.2) is 46.0 Å². The van der Waals surface area contributed by atoms with Gasteiger partial charge in [-0.1, -0.05) is 6.92 Å². The number of hydrogen-bond donors (Lipinski definition) is 1. The van der Waals surface area contributed by atoms with Gasteiger partial charge in [0.25, 0.3) is 0 Å². The Morgan fingerprint density at radius 3 is 2.65 bits per heavy atom. The van der Waals surface area contributed by atoms with E-state index in [0.717, 1.165) is 12.8 Å². The fraction of sp³-hybridized carbons (Fsp3) is 0.833. The van der Waals surface area contributed by atoms with Crippen LogP contribution in [0.3, 0.4) is 0 Å². The monoisotopic (exact) mass is 257 g/mol. The first-order chi connectivity index (χ1) is 8.06. The van der Waals surface area contributed by atoms with Crippen LogP contribution in [0.2, 0.25) is 0 Å². The highest BCUT2D eigenvalue weighted by molar-refractivity contribution is 7.99. The van der Waals surface area contributed by atoms with Gasteiger partial charge in [0.05, 0.1) is 11.2 Å². The Hall–Kier alpha value is -0.710. The Labute approximate surface area is 106 Å². The second-order valence-electron chi connectivity index (χ2n) is 5.00. The molecule has 2 aliphatic rings. The minimum Gasteiger partial charge on any atom is -0.481 e. The largest absolute Gasteiger partial charge is 0.481 e. The van der Waals surface area contributed by atoms with E-state index in [4.69, 9.17) is 0 Å². The summed E-state index contributed by atoms with van der Waals surface area (Å²) in [4.78, 5) is 25.4. The third kappa shape index (κ3) is 1.75. The average molecular weight is 257 g/mol. The molecule has 2 aliphatic heterocycles. The van der Waals surface area contributed by atoms with E-state index in [1.165, 1.54) is 11.8 Å². The van der Waals surface area contributed by atoms with Crippen LogP contribution in [0.4, 0.5) is 0 Å². The molecular weight excluding hydrogens is 238 g/mol. The zero-order valence-corrected chi connectivity index (χ0v) is 11.1. The summed E-state index contributed by atoms with van der Waals surface area (Å²) in [7, 11) is 0. The van der Waals surface area contributed by atoms with E-state index in [2.05, 4.69) is 0 Å². The van der Waals surface area contributed by atoms with Gasteiger partial charge in [-0.2, -0.15) is 11.8 Å². The van der Waals surface area contributed by atoms with Gasteiger partial charge in [-0.15, -0.1) is 0 Å². The fourth-order valence-corrected chi connectivity index (χ4v) is 3.91. The molecule has 2 bridgehead atoms. The van der Waals surface area contributed by atoms with E-state index in [1.54, 1.807) is 0 Å². The van der Waals surface area contributed by atoms with Crippen molar-refractivity contribution in [3.05, 3.63) is 0 Å². The van der Waals surface area contributed by atoms with Crippen molar-refractivity contribution >= 4 is 23.6 Å². The normalized spacial score (nSPS) is 35.3.